The molecule has 0 amide bonds. The van der Waals surface area contributed by atoms with Crippen molar-refractivity contribution in [1.82, 2.24) is 14.6 Å². The Bertz CT molecular complexity index is 1560. The van der Waals surface area contributed by atoms with E-state index in [-0.39, 0.29) is 11.3 Å². The van der Waals surface area contributed by atoms with E-state index in [1.165, 1.54) is 4.52 Å². The normalized spacial score (nSPS) is 11.5. The highest BCUT2D eigenvalue weighted by atomic mass is 19.2. The zero-order valence-corrected chi connectivity index (χ0v) is 16.0. The molecule has 3 aromatic carbocycles. The Balaban J connectivity index is 1.85. The molecular formula is C23H13F4N3O. The van der Waals surface area contributed by atoms with Crippen LogP contribution < -0.4 is 5.56 Å². The Labute approximate surface area is 172 Å². The van der Waals surface area contributed by atoms with Crippen molar-refractivity contribution in [3.63, 3.8) is 0 Å². The number of hydrogen-bond acceptors (Lipinski definition) is 2. The molecule has 31 heavy (non-hydrogen) atoms. The molecule has 2 heterocycles. The molecule has 0 saturated heterocycles. The third-order valence-electron chi connectivity index (χ3n) is 5.23. The van der Waals surface area contributed by atoms with Gasteiger partial charge in [0, 0.05) is 22.9 Å². The number of rotatable bonds is 2. The first-order valence-electron chi connectivity index (χ1n) is 9.30. The maximum atomic E-state index is 14.4. The quantitative estimate of drug-likeness (QED) is 0.236. The second-order valence-electron chi connectivity index (χ2n) is 7.13. The number of halogens is 4. The van der Waals surface area contributed by atoms with E-state index in [9.17, 15) is 22.4 Å². The zero-order valence-electron chi connectivity index (χ0n) is 16.0. The molecule has 0 aliphatic carbocycles. The highest BCUT2D eigenvalue weighted by molar-refractivity contribution is 6.00. The number of aromatic amines is 1. The Kier molecular flexibility index (Phi) is 4.18. The molecular weight excluding hydrogens is 410 g/mol. The lowest BCUT2D eigenvalue weighted by molar-refractivity contribution is 0.410. The van der Waals surface area contributed by atoms with Gasteiger partial charge in [0.05, 0.1) is 5.69 Å². The molecule has 0 unspecified atom stereocenters. The van der Waals surface area contributed by atoms with Gasteiger partial charge in [-0.25, -0.2) is 27.1 Å². The van der Waals surface area contributed by atoms with Gasteiger partial charge in [0.2, 0.25) is 0 Å². The fraction of sp³-hybridized carbons (Fsp3) is 0.0435. The second kappa shape index (κ2) is 6.80. The Hall–Kier alpha value is -3.94. The van der Waals surface area contributed by atoms with E-state index < -0.39 is 34.4 Å². The van der Waals surface area contributed by atoms with Gasteiger partial charge < -0.3 is 0 Å². The number of H-pyrrole nitrogens is 1. The van der Waals surface area contributed by atoms with Crippen LogP contribution in [-0.2, 0) is 0 Å². The molecule has 1 N–H and O–H groups in total. The van der Waals surface area contributed by atoms with Crippen LogP contribution in [0, 0.1) is 30.2 Å². The van der Waals surface area contributed by atoms with Gasteiger partial charge in [-0.3, -0.25) is 9.89 Å². The second-order valence-corrected chi connectivity index (χ2v) is 7.13. The summed E-state index contributed by atoms with van der Waals surface area (Å²) in [6.07, 6.45) is 0. The molecule has 0 aliphatic heterocycles. The summed E-state index contributed by atoms with van der Waals surface area (Å²) in [6.45, 7) is 1.75. The topological polar surface area (TPSA) is 50.2 Å². The minimum Gasteiger partial charge on any atom is -0.293 e. The highest BCUT2D eigenvalue weighted by Gasteiger charge is 2.23. The summed E-state index contributed by atoms with van der Waals surface area (Å²) in [5.41, 5.74) is 0.573. The van der Waals surface area contributed by atoms with Crippen LogP contribution >= 0.6 is 0 Å². The van der Waals surface area contributed by atoms with Crippen LogP contribution in [0.4, 0.5) is 17.6 Å². The lowest BCUT2D eigenvalue weighted by Crippen LogP contribution is -2.15. The monoisotopic (exact) mass is 423 g/mol. The average molecular weight is 423 g/mol. The van der Waals surface area contributed by atoms with Crippen LogP contribution in [0.15, 0.2) is 59.4 Å². The van der Waals surface area contributed by atoms with Crippen molar-refractivity contribution >= 4 is 16.4 Å². The van der Waals surface area contributed by atoms with Crippen LogP contribution in [0.3, 0.4) is 0 Å². The first kappa shape index (κ1) is 19.0. The molecule has 8 heteroatoms. The van der Waals surface area contributed by atoms with Crippen molar-refractivity contribution in [2.24, 2.45) is 0 Å². The van der Waals surface area contributed by atoms with E-state index in [1.807, 2.05) is 42.5 Å². The van der Waals surface area contributed by atoms with Crippen LogP contribution in [-0.4, -0.2) is 14.6 Å². The number of benzene rings is 3. The summed E-state index contributed by atoms with van der Waals surface area (Å²) >= 11 is 0. The van der Waals surface area contributed by atoms with E-state index in [1.54, 1.807) is 6.92 Å². The Morgan fingerprint density at radius 3 is 2.42 bits per heavy atom. The van der Waals surface area contributed by atoms with E-state index in [4.69, 9.17) is 0 Å². The van der Waals surface area contributed by atoms with Gasteiger partial charge >= 0.3 is 0 Å². The number of aryl methyl sites for hydroxylation is 1. The number of nitrogens with one attached hydrogen (secondary N) is 1. The van der Waals surface area contributed by atoms with Crippen molar-refractivity contribution in [2.45, 2.75) is 6.92 Å². The zero-order chi connectivity index (χ0) is 21.9. The van der Waals surface area contributed by atoms with Gasteiger partial charge in [-0.15, -0.1) is 0 Å². The summed E-state index contributed by atoms with van der Waals surface area (Å²) in [6, 6.07) is 14.7. The first-order chi connectivity index (χ1) is 14.9. The fourth-order valence-corrected chi connectivity index (χ4v) is 3.81. The standard InChI is InChI=1S/C23H13F4N3O/c1-11-19(14-8-4-6-12-5-2-3-7-13(12)14)23-28-17(10-18(31)30(23)29-11)15-9-16(24)21(26)22(27)20(15)25/h2-10,29H,1H3. The van der Waals surface area contributed by atoms with Crippen LogP contribution in [0.5, 0.6) is 0 Å². The number of hydrogen-bond donors (Lipinski definition) is 1. The van der Waals surface area contributed by atoms with Gasteiger partial charge in [-0.2, -0.15) is 0 Å². The number of nitrogens with zero attached hydrogens (tertiary/aromatic N) is 2. The average Bonchev–Trinajstić information content (AvgIpc) is 3.10. The molecule has 0 atom stereocenters. The van der Waals surface area contributed by atoms with E-state index in [0.717, 1.165) is 22.4 Å². The maximum absolute atomic E-state index is 14.4. The summed E-state index contributed by atoms with van der Waals surface area (Å²) in [4.78, 5) is 17.0. The Morgan fingerprint density at radius 1 is 0.871 bits per heavy atom. The third-order valence-corrected chi connectivity index (χ3v) is 5.23. The fourth-order valence-electron chi connectivity index (χ4n) is 3.81. The number of aromatic nitrogens is 3. The smallest absolute Gasteiger partial charge is 0.273 e. The number of fused-ring (bicyclic) bond motifs is 2. The summed E-state index contributed by atoms with van der Waals surface area (Å²) in [5, 5.41) is 4.79. The van der Waals surface area contributed by atoms with E-state index >= 15 is 0 Å². The first-order valence-corrected chi connectivity index (χ1v) is 9.30. The molecule has 0 aliphatic rings. The highest BCUT2D eigenvalue weighted by Crippen LogP contribution is 2.34. The summed E-state index contributed by atoms with van der Waals surface area (Å²) in [5.74, 6) is -7.07. The third kappa shape index (κ3) is 2.83. The largest absolute Gasteiger partial charge is 0.293 e. The van der Waals surface area contributed by atoms with E-state index in [2.05, 4.69) is 10.1 Å². The molecule has 2 aromatic heterocycles. The molecule has 154 valence electrons. The summed E-state index contributed by atoms with van der Waals surface area (Å²) < 4.78 is 56.4. The van der Waals surface area contributed by atoms with Gasteiger partial charge in [-0.05, 0) is 29.3 Å². The lowest BCUT2D eigenvalue weighted by Gasteiger charge is -2.08. The van der Waals surface area contributed by atoms with E-state index in [0.29, 0.717) is 17.3 Å². The molecule has 5 rings (SSSR count). The molecule has 0 radical (unpaired) electrons. The van der Waals surface area contributed by atoms with Crippen molar-refractivity contribution in [3.8, 4) is 22.4 Å². The van der Waals surface area contributed by atoms with Gasteiger partial charge in [-0.1, -0.05) is 42.5 Å². The van der Waals surface area contributed by atoms with Crippen LogP contribution in [0.25, 0.3) is 38.8 Å². The van der Waals surface area contributed by atoms with Gasteiger partial charge in [0.15, 0.2) is 28.9 Å². The molecule has 0 spiro atoms. The molecule has 5 aromatic rings. The maximum Gasteiger partial charge on any atom is 0.273 e. The molecule has 0 fully saturated rings. The minimum atomic E-state index is -1.96. The van der Waals surface area contributed by atoms with Crippen molar-refractivity contribution < 1.29 is 17.6 Å². The van der Waals surface area contributed by atoms with Crippen molar-refractivity contribution in [3.05, 3.63) is 93.9 Å². The van der Waals surface area contributed by atoms with Crippen molar-refractivity contribution in [1.29, 1.82) is 0 Å². The SMILES string of the molecule is Cc1[nH]n2c(=O)cc(-c3cc(F)c(F)c(F)c3F)nc2c1-c1cccc2ccccc12. The van der Waals surface area contributed by atoms with Crippen LogP contribution in [0.2, 0.25) is 0 Å². The minimum absolute atomic E-state index is 0.154. The van der Waals surface area contributed by atoms with Gasteiger partial charge in [0.1, 0.15) is 0 Å². The summed E-state index contributed by atoms with van der Waals surface area (Å²) in [7, 11) is 0. The van der Waals surface area contributed by atoms with Crippen molar-refractivity contribution in [2.75, 3.05) is 0 Å². The Morgan fingerprint density at radius 2 is 1.61 bits per heavy atom. The predicted molar refractivity (Wildman–Crippen MR) is 109 cm³/mol. The molecule has 4 nitrogen and oxygen atoms in total. The lowest BCUT2D eigenvalue weighted by atomic mass is 9.98. The predicted octanol–water partition coefficient (Wildman–Crippen LogP) is 5.37. The van der Waals surface area contributed by atoms with Gasteiger partial charge in [0.25, 0.3) is 5.56 Å². The molecule has 0 saturated carbocycles. The van der Waals surface area contributed by atoms with Crippen LogP contribution in [0.1, 0.15) is 5.69 Å². The molecule has 0 bridgehead atoms.